The predicted molar refractivity (Wildman–Crippen MR) is 124 cm³/mol. The molecule has 7 nitrogen and oxygen atoms in total. The van der Waals surface area contributed by atoms with Crippen molar-refractivity contribution in [2.45, 2.75) is 25.3 Å². The second kappa shape index (κ2) is 7.53. The molecule has 5 aromatic rings. The van der Waals surface area contributed by atoms with Crippen molar-refractivity contribution in [2.75, 3.05) is 20.2 Å². The summed E-state index contributed by atoms with van der Waals surface area (Å²) in [4.78, 5) is 26.0. The van der Waals surface area contributed by atoms with Crippen molar-refractivity contribution in [3.63, 3.8) is 0 Å². The molecule has 0 aliphatic carbocycles. The number of aromatic amines is 2. The van der Waals surface area contributed by atoms with Crippen LogP contribution in [0.1, 0.15) is 30.1 Å². The maximum atomic E-state index is 12.6. The van der Waals surface area contributed by atoms with Crippen molar-refractivity contribution in [2.24, 2.45) is 0 Å². The molecule has 0 spiro atoms. The smallest absolute Gasteiger partial charge is 0.294 e. The summed E-state index contributed by atoms with van der Waals surface area (Å²) >= 11 is 0. The molecule has 7 heteroatoms. The van der Waals surface area contributed by atoms with Crippen molar-refractivity contribution >= 4 is 33.0 Å². The lowest BCUT2D eigenvalue weighted by molar-refractivity contribution is 0.200. The van der Waals surface area contributed by atoms with Gasteiger partial charge in [0, 0.05) is 22.5 Å². The van der Waals surface area contributed by atoms with E-state index in [9.17, 15) is 4.79 Å². The van der Waals surface area contributed by atoms with Gasteiger partial charge in [-0.3, -0.25) is 9.69 Å². The second-order valence-electron chi connectivity index (χ2n) is 8.49. The molecule has 0 amide bonds. The Morgan fingerprint density at radius 1 is 1.16 bits per heavy atom. The van der Waals surface area contributed by atoms with Crippen LogP contribution >= 0.6 is 0 Å². The zero-order valence-electron chi connectivity index (χ0n) is 17.9. The van der Waals surface area contributed by atoms with Crippen LogP contribution in [0.3, 0.4) is 0 Å². The highest BCUT2D eigenvalue weighted by atomic mass is 16.5. The monoisotopic (exact) mass is 428 g/mol. The fourth-order valence-corrected chi connectivity index (χ4v) is 4.92. The van der Waals surface area contributed by atoms with Gasteiger partial charge in [0.2, 0.25) is 5.58 Å². The number of benzene rings is 2. The molecule has 0 radical (unpaired) electrons. The SMILES string of the molecule is COc1ccc2[nH]cc(C3CCN(Cc4nc5c(oc6ccccc65)c(=O)[nH]4)CC3)c2c1. The number of nitrogens with one attached hydrogen (secondary N) is 2. The predicted octanol–water partition coefficient (Wildman–Crippen LogP) is 4.54. The minimum absolute atomic E-state index is 0.219. The van der Waals surface area contributed by atoms with Crippen LogP contribution in [-0.4, -0.2) is 40.1 Å². The van der Waals surface area contributed by atoms with E-state index in [-0.39, 0.29) is 5.56 Å². The minimum atomic E-state index is -0.219. The first-order chi connectivity index (χ1) is 15.7. The van der Waals surface area contributed by atoms with Gasteiger partial charge in [-0.25, -0.2) is 4.98 Å². The van der Waals surface area contributed by atoms with Crippen molar-refractivity contribution in [3.05, 3.63) is 70.4 Å². The highest BCUT2D eigenvalue weighted by Gasteiger charge is 2.24. The van der Waals surface area contributed by atoms with E-state index in [0.717, 1.165) is 42.6 Å². The molecule has 2 N–H and O–H groups in total. The van der Waals surface area contributed by atoms with Gasteiger partial charge in [0.25, 0.3) is 5.56 Å². The number of nitrogens with zero attached hydrogens (tertiary/aromatic N) is 2. The fourth-order valence-electron chi connectivity index (χ4n) is 4.92. The molecule has 6 rings (SSSR count). The molecule has 0 saturated carbocycles. The van der Waals surface area contributed by atoms with Gasteiger partial charge in [-0.1, -0.05) is 12.1 Å². The molecule has 0 unspecified atom stereocenters. The summed E-state index contributed by atoms with van der Waals surface area (Å²) in [5.74, 6) is 2.07. The van der Waals surface area contributed by atoms with Crippen molar-refractivity contribution in [1.29, 1.82) is 0 Å². The number of piperidine rings is 1. The summed E-state index contributed by atoms with van der Waals surface area (Å²) < 4.78 is 11.1. The summed E-state index contributed by atoms with van der Waals surface area (Å²) in [6.45, 7) is 2.53. The van der Waals surface area contributed by atoms with Gasteiger partial charge in [0.1, 0.15) is 22.7 Å². The van der Waals surface area contributed by atoms with Gasteiger partial charge in [-0.2, -0.15) is 0 Å². The summed E-state index contributed by atoms with van der Waals surface area (Å²) in [5.41, 5.74) is 3.91. The molecule has 1 aliphatic heterocycles. The number of furan rings is 1. The number of hydrogen-bond donors (Lipinski definition) is 2. The zero-order valence-corrected chi connectivity index (χ0v) is 17.9. The van der Waals surface area contributed by atoms with Gasteiger partial charge < -0.3 is 19.1 Å². The standard InChI is InChI=1S/C25H24N4O3/c1-31-16-6-7-20-18(12-16)19(13-26-20)15-8-10-29(11-9-15)14-22-27-23-17-4-2-3-5-21(17)32-24(23)25(30)28-22/h2-7,12-13,15,26H,8-11,14H2,1H3,(H,27,28,30). The fraction of sp³-hybridized carbons (Fsp3) is 0.280. The van der Waals surface area contributed by atoms with Crippen LogP contribution in [0.4, 0.5) is 0 Å². The van der Waals surface area contributed by atoms with E-state index in [1.165, 1.54) is 10.9 Å². The van der Waals surface area contributed by atoms with Crippen LogP contribution in [0.5, 0.6) is 5.75 Å². The van der Waals surface area contributed by atoms with Crippen molar-refractivity contribution in [3.8, 4) is 5.75 Å². The molecule has 162 valence electrons. The third-order valence-electron chi connectivity index (χ3n) is 6.60. The first-order valence-corrected chi connectivity index (χ1v) is 11.0. The van der Waals surface area contributed by atoms with E-state index in [2.05, 4.69) is 33.2 Å². The van der Waals surface area contributed by atoms with E-state index >= 15 is 0 Å². The van der Waals surface area contributed by atoms with Crippen LogP contribution in [0, 0.1) is 0 Å². The summed E-state index contributed by atoms with van der Waals surface area (Å²) in [6, 6.07) is 13.8. The lowest BCUT2D eigenvalue weighted by Gasteiger charge is -2.31. The number of ether oxygens (including phenoxy) is 1. The molecule has 0 atom stereocenters. The minimum Gasteiger partial charge on any atom is -0.497 e. The Hall–Kier alpha value is -3.58. The molecular formula is C25H24N4O3. The first-order valence-electron chi connectivity index (χ1n) is 11.0. The Morgan fingerprint density at radius 2 is 2.00 bits per heavy atom. The Kier molecular flexibility index (Phi) is 4.50. The number of para-hydroxylation sites is 1. The average Bonchev–Trinajstić information content (AvgIpc) is 3.41. The number of H-pyrrole nitrogens is 2. The Balaban J connectivity index is 1.21. The molecule has 2 aromatic carbocycles. The van der Waals surface area contributed by atoms with E-state index in [4.69, 9.17) is 14.1 Å². The summed E-state index contributed by atoms with van der Waals surface area (Å²) in [6.07, 6.45) is 4.26. The Bertz CT molecular complexity index is 1490. The number of aromatic nitrogens is 3. The molecule has 1 aliphatic rings. The molecule has 1 saturated heterocycles. The maximum absolute atomic E-state index is 12.6. The van der Waals surface area contributed by atoms with Crippen LogP contribution in [0.25, 0.3) is 33.0 Å². The molecule has 4 heterocycles. The molecule has 32 heavy (non-hydrogen) atoms. The van der Waals surface area contributed by atoms with E-state index in [0.29, 0.717) is 35.0 Å². The molecule has 0 bridgehead atoms. The summed E-state index contributed by atoms with van der Waals surface area (Å²) in [7, 11) is 1.70. The van der Waals surface area contributed by atoms with Crippen LogP contribution in [-0.2, 0) is 6.54 Å². The van der Waals surface area contributed by atoms with Gasteiger partial charge in [-0.05, 0) is 67.7 Å². The summed E-state index contributed by atoms with van der Waals surface area (Å²) in [5, 5.41) is 2.12. The van der Waals surface area contributed by atoms with Crippen LogP contribution < -0.4 is 10.3 Å². The largest absolute Gasteiger partial charge is 0.497 e. The topological polar surface area (TPSA) is 87.2 Å². The van der Waals surface area contributed by atoms with Crippen LogP contribution in [0.2, 0.25) is 0 Å². The average molecular weight is 428 g/mol. The van der Waals surface area contributed by atoms with Gasteiger partial charge in [0.05, 0.1) is 13.7 Å². The lowest BCUT2D eigenvalue weighted by Crippen LogP contribution is -2.33. The number of likely N-dealkylation sites (tertiary alicyclic amines) is 1. The Morgan fingerprint density at radius 3 is 2.84 bits per heavy atom. The maximum Gasteiger partial charge on any atom is 0.294 e. The number of hydrogen-bond acceptors (Lipinski definition) is 5. The lowest BCUT2D eigenvalue weighted by atomic mass is 9.89. The number of fused-ring (bicyclic) bond motifs is 4. The normalized spacial score (nSPS) is 15.8. The Labute approximate surface area is 184 Å². The van der Waals surface area contributed by atoms with Crippen molar-refractivity contribution in [1.82, 2.24) is 19.9 Å². The molecule has 1 fully saturated rings. The molecule has 3 aromatic heterocycles. The molecular weight excluding hydrogens is 404 g/mol. The quantitative estimate of drug-likeness (QED) is 0.439. The van der Waals surface area contributed by atoms with Gasteiger partial charge >= 0.3 is 0 Å². The van der Waals surface area contributed by atoms with Crippen molar-refractivity contribution < 1.29 is 9.15 Å². The van der Waals surface area contributed by atoms with E-state index < -0.39 is 0 Å². The third-order valence-corrected chi connectivity index (χ3v) is 6.60. The van der Waals surface area contributed by atoms with Gasteiger partial charge in [-0.15, -0.1) is 0 Å². The third kappa shape index (κ3) is 3.17. The van der Waals surface area contributed by atoms with E-state index in [1.54, 1.807) is 7.11 Å². The highest BCUT2D eigenvalue weighted by Crippen LogP contribution is 2.35. The number of rotatable bonds is 4. The zero-order chi connectivity index (χ0) is 21.7. The highest BCUT2D eigenvalue weighted by molar-refractivity contribution is 6.01. The second-order valence-corrected chi connectivity index (χ2v) is 8.49. The van der Waals surface area contributed by atoms with Gasteiger partial charge in [0.15, 0.2) is 0 Å². The van der Waals surface area contributed by atoms with E-state index in [1.807, 2.05) is 30.3 Å². The first kappa shape index (κ1) is 19.1. The van der Waals surface area contributed by atoms with Crippen LogP contribution in [0.15, 0.2) is 57.9 Å². The number of methoxy groups -OCH3 is 1.